The van der Waals surface area contributed by atoms with Gasteiger partial charge < -0.3 is 19.7 Å². The first kappa shape index (κ1) is 14.9. The Morgan fingerprint density at radius 1 is 1.05 bits per heavy atom. The van der Waals surface area contributed by atoms with Crippen LogP contribution in [-0.2, 0) is 6.42 Å². The SMILES string of the molecule is Clc1cc2c(cc1CCCCN1CCNCC1)OCCO2. The highest BCUT2D eigenvalue weighted by atomic mass is 35.5. The summed E-state index contributed by atoms with van der Waals surface area (Å²) in [6, 6.07) is 3.93. The molecule has 0 spiro atoms. The van der Waals surface area contributed by atoms with Crippen LogP contribution in [0.2, 0.25) is 5.02 Å². The van der Waals surface area contributed by atoms with Crippen molar-refractivity contribution >= 4 is 11.6 Å². The quantitative estimate of drug-likeness (QED) is 0.847. The van der Waals surface area contributed by atoms with Gasteiger partial charge in [-0.3, -0.25) is 0 Å². The van der Waals surface area contributed by atoms with Gasteiger partial charge in [-0.05, 0) is 37.4 Å². The second-order valence-corrected chi connectivity index (χ2v) is 6.04. The summed E-state index contributed by atoms with van der Waals surface area (Å²) in [5, 5.41) is 4.18. The Bertz CT molecular complexity index is 476. The molecule has 0 aliphatic carbocycles. The molecule has 0 aromatic heterocycles. The molecule has 4 nitrogen and oxygen atoms in total. The average Bonchev–Trinajstić information content (AvgIpc) is 2.53. The van der Waals surface area contributed by atoms with Crippen molar-refractivity contribution in [3.63, 3.8) is 0 Å². The molecule has 2 aliphatic rings. The molecular formula is C16H23ClN2O2. The first-order valence-electron chi connectivity index (χ1n) is 7.84. The Morgan fingerprint density at radius 2 is 1.76 bits per heavy atom. The smallest absolute Gasteiger partial charge is 0.162 e. The fourth-order valence-electron chi connectivity index (χ4n) is 2.88. The van der Waals surface area contributed by atoms with Crippen molar-refractivity contribution < 1.29 is 9.47 Å². The summed E-state index contributed by atoms with van der Waals surface area (Å²) in [6.07, 6.45) is 3.37. The molecule has 0 unspecified atom stereocenters. The molecule has 1 saturated heterocycles. The molecule has 2 aliphatic heterocycles. The van der Waals surface area contributed by atoms with E-state index in [4.69, 9.17) is 21.1 Å². The van der Waals surface area contributed by atoms with Gasteiger partial charge in [-0.15, -0.1) is 0 Å². The van der Waals surface area contributed by atoms with Crippen LogP contribution in [0.4, 0.5) is 0 Å². The predicted molar refractivity (Wildman–Crippen MR) is 84.7 cm³/mol. The van der Waals surface area contributed by atoms with Crippen molar-refractivity contribution in [1.82, 2.24) is 10.2 Å². The molecular weight excluding hydrogens is 288 g/mol. The van der Waals surface area contributed by atoms with E-state index in [0.717, 1.165) is 42.5 Å². The van der Waals surface area contributed by atoms with Gasteiger partial charge in [0, 0.05) is 37.3 Å². The van der Waals surface area contributed by atoms with Crippen LogP contribution in [0.3, 0.4) is 0 Å². The van der Waals surface area contributed by atoms with Gasteiger partial charge in [0.15, 0.2) is 11.5 Å². The van der Waals surface area contributed by atoms with E-state index in [1.165, 1.54) is 31.6 Å². The molecule has 0 saturated carbocycles. The number of nitrogens with one attached hydrogen (secondary N) is 1. The van der Waals surface area contributed by atoms with Gasteiger partial charge in [0.2, 0.25) is 0 Å². The highest BCUT2D eigenvalue weighted by molar-refractivity contribution is 6.31. The second-order valence-electron chi connectivity index (χ2n) is 5.64. The number of ether oxygens (including phenoxy) is 2. The van der Waals surface area contributed by atoms with Crippen LogP contribution in [0.1, 0.15) is 18.4 Å². The third kappa shape index (κ3) is 4.02. The van der Waals surface area contributed by atoms with Gasteiger partial charge in [-0.1, -0.05) is 11.6 Å². The summed E-state index contributed by atoms with van der Waals surface area (Å²) in [5.41, 5.74) is 1.17. The van der Waals surface area contributed by atoms with Gasteiger partial charge in [0.05, 0.1) is 0 Å². The molecule has 5 heteroatoms. The van der Waals surface area contributed by atoms with Crippen molar-refractivity contribution in [3.05, 3.63) is 22.7 Å². The van der Waals surface area contributed by atoms with E-state index in [1.807, 2.05) is 12.1 Å². The Labute approximate surface area is 131 Å². The molecule has 0 atom stereocenters. The summed E-state index contributed by atoms with van der Waals surface area (Å²) in [4.78, 5) is 2.53. The third-order valence-electron chi connectivity index (χ3n) is 4.09. The summed E-state index contributed by atoms with van der Waals surface area (Å²) in [6.45, 7) is 6.99. The summed E-state index contributed by atoms with van der Waals surface area (Å²) >= 11 is 6.33. The number of hydrogen-bond acceptors (Lipinski definition) is 4. The zero-order valence-electron chi connectivity index (χ0n) is 12.4. The van der Waals surface area contributed by atoms with Crippen molar-refractivity contribution in [2.45, 2.75) is 19.3 Å². The maximum absolute atomic E-state index is 6.33. The van der Waals surface area contributed by atoms with E-state index in [0.29, 0.717) is 13.2 Å². The minimum Gasteiger partial charge on any atom is -0.486 e. The standard InChI is InChI=1S/C16H23ClN2O2/c17-14-12-16-15(20-9-10-21-16)11-13(14)3-1-2-6-19-7-4-18-5-8-19/h11-12,18H,1-10H2. The number of aryl methyl sites for hydroxylation is 1. The van der Waals surface area contributed by atoms with E-state index in [9.17, 15) is 0 Å². The number of halogens is 1. The van der Waals surface area contributed by atoms with E-state index < -0.39 is 0 Å². The number of nitrogens with zero attached hydrogens (tertiary/aromatic N) is 1. The van der Waals surface area contributed by atoms with E-state index in [1.54, 1.807) is 0 Å². The van der Waals surface area contributed by atoms with Crippen LogP contribution in [0.5, 0.6) is 11.5 Å². The average molecular weight is 311 g/mol. The highest BCUT2D eigenvalue weighted by Gasteiger charge is 2.15. The fraction of sp³-hybridized carbons (Fsp3) is 0.625. The lowest BCUT2D eigenvalue weighted by molar-refractivity contribution is 0.171. The normalized spacial score (nSPS) is 18.7. The monoisotopic (exact) mass is 310 g/mol. The summed E-state index contributed by atoms with van der Waals surface area (Å²) in [7, 11) is 0. The van der Waals surface area contributed by atoms with Gasteiger partial charge >= 0.3 is 0 Å². The lowest BCUT2D eigenvalue weighted by Gasteiger charge is -2.27. The number of unbranched alkanes of at least 4 members (excludes halogenated alkanes) is 1. The molecule has 0 bridgehead atoms. The number of hydrogen-bond donors (Lipinski definition) is 1. The number of fused-ring (bicyclic) bond motifs is 1. The van der Waals surface area contributed by atoms with Crippen LogP contribution in [0.15, 0.2) is 12.1 Å². The molecule has 1 fully saturated rings. The molecule has 2 heterocycles. The van der Waals surface area contributed by atoms with Crippen molar-refractivity contribution in [3.8, 4) is 11.5 Å². The summed E-state index contributed by atoms with van der Waals surface area (Å²) < 4.78 is 11.2. The topological polar surface area (TPSA) is 33.7 Å². The van der Waals surface area contributed by atoms with Gasteiger partial charge in [-0.25, -0.2) is 0 Å². The minimum atomic E-state index is 0.605. The molecule has 116 valence electrons. The van der Waals surface area contributed by atoms with Gasteiger partial charge in [0.25, 0.3) is 0 Å². The largest absolute Gasteiger partial charge is 0.486 e. The van der Waals surface area contributed by atoms with Crippen LogP contribution in [-0.4, -0.2) is 50.8 Å². The van der Waals surface area contributed by atoms with Crippen LogP contribution >= 0.6 is 11.6 Å². The third-order valence-corrected chi connectivity index (χ3v) is 4.44. The molecule has 0 radical (unpaired) electrons. The first-order valence-corrected chi connectivity index (χ1v) is 8.22. The Morgan fingerprint density at radius 3 is 2.52 bits per heavy atom. The van der Waals surface area contributed by atoms with E-state index in [2.05, 4.69) is 10.2 Å². The van der Waals surface area contributed by atoms with E-state index >= 15 is 0 Å². The highest BCUT2D eigenvalue weighted by Crippen LogP contribution is 2.35. The zero-order chi connectivity index (χ0) is 14.5. The Balaban J connectivity index is 1.48. The molecule has 1 aromatic rings. The Hall–Kier alpha value is -0.970. The van der Waals surface area contributed by atoms with Crippen LogP contribution in [0.25, 0.3) is 0 Å². The number of benzene rings is 1. The maximum Gasteiger partial charge on any atom is 0.162 e. The fourth-order valence-corrected chi connectivity index (χ4v) is 3.13. The molecule has 3 rings (SSSR count). The Kier molecular flexibility index (Phi) is 5.22. The number of rotatable bonds is 5. The van der Waals surface area contributed by atoms with Crippen LogP contribution in [0, 0.1) is 0 Å². The molecule has 0 amide bonds. The van der Waals surface area contributed by atoms with Gasteiger partial charge in [-0.2, -0.15) is 0 Å². The molecule has 21 heavy (non-hydrogen) atoms. The minimum absolute atomic E-state index is 0.605. The maximum atomic E-state index is 6.33. The predicted octanol–water partition coefficient (Wildman–Crippen LogP) is 2.34. The zero-order valence-corrected chi connectivity index (χ0v) is 13.1. The van der Waals surface area contributed by atoms with E-state index in [-0.39, 0.29) is 0 Å². The lowest BCUT2D eigenvalue weighted by atomic mass is 10.1. The van der Waals surface area contributed by atoms with Gasteiger partial charge in [0.1, 0.15) is 13.2 Å². The van der Waals surface area contributed by atoms with Crippen molar-refractivity contribution in [2.75, 3.05) is 45.9 Å². The van der Waals surface area contributed by atoms with Crippen molar-refractivity contribution in [2.24, 2.45) is 0 Å². The summed E-state index contributed by atoms with van der Waals surface area (Å²) in [5.74, 6) is 1.61. The first-order chi connectivity index (χ1) is 10.3. The number of piperazine rings is 1. The molecule has 1 N–H and O–H groups in total. The lowest BCUT2D eigenvalue weighted by Crippen LogP contribution is -2.43. The molecule has 1 aromatic carbocycles. The second kappa shape index (κ2) is 7.34. The van der Waals surface area contributed by atoms with Crippen LogP contribution < -0.4 is 14.8 Å². The van der Waals surface area contributed by atoms with Crippen molar-refractivity contribution in [1.29, 1.82) is 0 Å².